The van der Waals surface area contributed by atoms with Crippen LogP contribution in [0.1, 0.15) is 91.4 Å². The van der Waals surface area contributed by atoms with Crippen LogP contribution in [-0.2, 0) is 4.79 Å². The topological polar surface area (TPSA) is 78.8 Å². The van der Waals surface area contributed by atoms with Crippen molar-refractivity contribution in [2.45, 2.75) is 97.5 Å². The van der Waals surface area contributed by atoms with Crippen LogP contribution in [0.25, 0.3) is 0 Å². The normalized spacial score (nSPS) is 40.1. The van der Waals surface area contributed by atoms with Crippen molar-refractivity contribution in [1.82, 2.24) is 14.9 Å². The van der Waals surface area contributed by atoms with Crippen LogP contribution in [0.2, 0.25) is 0 Å². The third-order valence-corrected chi connectivity index (χ3v) is 13.0. The molecule has 1 aliphatic heterocycles. The van der Waals surface area contributed by atoms with Crippen LogP contribution in [-0.4, -0.2) is 65.3 Å². The first-order valence-corrected chi connectivity index (χ1v) is 16.3. The smallest absolute Gasteiger partial charge is 0.222 e. The second kappa shape index (κ2) is 11.1. The Kier molecular flexibility index (Phi) is 7.82. The fourth-order valence-electron chi connectivity index (χ4n) is 10.8. The molecule has 1 N–H and O–H groups in total. The molecule has 0 aromatic carbocycles. The third-order valence-electron chi connectivity index (χ3n) is 13.0. The maximum absolute atomic E-state index is 13.3. The molecule has 40 heavy (non-hydrogen) atoms. The summed E-state index contributed by atoms with van der Waals surface area (Å²) in [6.45, 7) is 10.7. The summed E-state index contributed by atoms with van der Waals surface area (Å²) in [5, 5.41) is 10.4. The number of rotatable bonds is 6. The number of piperazine rings is 1. The lowest BCUT2D eigenvalue weighted by molar-refractivity contribution is -0.133. The molecule has 4 saturated carbocycles. The van der Waals surface area contributed by atoms with Crippen molar-refractivity contribution in [1.29, 1.82) is 0 Å². The molecule has 2 heterocycles. The Bertz CT molecular complexity index is 1060. The lowest BCUT2D eigenvalue weighted by Gasteiger charge is -2.61. The zero-order valence-corrected chi connectivity index (χ0v) is 25.4. The van der Waals surface area contributed by atoms with Gasteiger partial charge >= 0.3 is 0 Å². The first kappa shape index (κ1) is 28.2. The fourth-order valence-corrected chi connectivity index (χ4v) is 10.8. The average Bonchev–Trinajstić information content (AvgIpc) is 3.33. The van der Waals surface area contributed by atoms with Crippen LogP contribution >= 0.6 is 0 Å². The number of ether oxygens (including phenoxy) is 1. The van der Waals surface area contributed by atoms with Crippen molar-refractivity contribution < 1.29 is 14.6 Å². The van der Waals surface area contributed by atoms with E-state index in [-0.39, 0.29) is 6.10 Å². The Balaban J connectivity index is 1.03. The van der Waals surface area contributed by atoms with Gasteiger partial charge in [-0.1, -0.05) is 20.8 Å². The number of aromatic nitrogens is 2. The number of methoxy groups -OCH3 is 1. The number of carbonyl (C=O) groups excluding carboxylic acids is 1. The van der Waals surface area contributed by atoms with Crippen LogP contribution in [0, 0.1) is 46.3 Å². The predicted octanol–water partition coefficient (Wildman–Crippen LogP) is 5.57. The first-order chi connectivity index (χ1) is 19.2. The van der Waals surface area contributed by atoms with Crippen molar-refractivity contribution >= 4 is 11.7 Å². The van der Waals surface area contributed by atoms with Gasteiger partial charge in [0.2, 0.25) is 5.91 Å². The highest BCUT2D eigenvalue weighted by molar-refractivity contribution is 5.76. The van der Waals surface area contributed by atoms with Gasteiger partial charge in [0.1, 0.15) is 6.33 Å². The van der Waals surface area contributed by atoms with Gasteiger partial charge in [-0.2, -0.15) is 0 Å². The van der Waals surface area contributed by atoms with Crippen molar-refractivity contribution in [3.05, 3.63) is 12.5 Å². The van der Waals surface area contributed by atoms with E-state index in [1.54, 1.807) is 19.6 Å². The Morgan fingerprint density at radius 3 is 2.58 bits per heavy atom. The summed E-state index contributed by atoms with van der Waals surface area (Å²) in [6, 6.07) is 0. The van der Waals surface area contributed by atoms with Crippen molar-refractivity contribution in [2.75, 3.05) is 38.2 Å². The van der Waals surface area contributed by atoms with Crippen molar-refractivity contribution in [3.63, 3.8) is 0 Å². The summed E-state index contributed by atoms with van der Waals surface area (Å²) in [5.74, 6) is 6.47. The largest absolute Gasteiger partial charge is 0.491 e. The second-order valence-corrected chi connectivity index (χ2v) is 14.6. The van der Waals surface area contributed by atoms with Gasteiger partial charge in [0.15, 0.2) is 11.6 Å². The zero-order valence-electron chi connectivity index (χ0n) is 25.4. The molecule has 5 fully saturated rings. The summed E-state index contributed by atoms with van der Waals surface area (Å²) in [6.07, 6.45) is 16.3. The Labute approximate surface area is 241 Å². The van der Waals surface area contributed by atoms with Gasteiger partial charge in [0.25, 0.3) is 0 Å². The maximum Gasteiger partial charge on any atom is 0.222 e. The van der Waals surface area contributed by atoms with Crippen molar-refractivity contribution in [3.8, 4) is 5.75 Å². The molecule has 7 heteroatoms. The molecule has 222 valence electrons. The third kappa shape index (κ3) is 4.82. The monoisotopic (exact) mass is 552 g/mol. The second-order valence-electron chi connectivity index (χ2n) is 14.6. The highest BCUT2D eigenvalue weighted by Crippen LogP contribution is 2.68. The van der Waals surface area contributed by atoms with Crippen molar-refractivity contribution in [2.24, 2.45) is 46.3 Å². The molecule has 0 radical (unpaired) electrons. The van der Waals surface area contributed by atoms with Crippen LogP contribution in [0.3, 0.4) is 0 Å². The minimum absolute atomic E-state index is 0.0614. The maximum atomic E-state index is 13.3. The van der Waals surface area contributed by atoms with Gasteiger partial charge in [-0.05, 0) is 111 Å². The van der Waals surface area contributed by atoms with Crippen LogP contribution in [0.4, 0.5) is 5.82 Å². The molecule has 1 amide bonds. The van der Waals surface area contributed by atoms with E-state index in [2.05, 4.69) is 40.5 Å². The number of aliphatic hydroxyl groups excluding tert-OH is 1. The Hall–Kier alpha value is -1.89. The highest BCUT2D eigenvalue weighted by Gasteiger charge is 2.60. The number of anilines is 1. The van der Waals surface area contributed by atoms with E-state index in [9.17, 15) is 9.90 Å². The molecule has 4 aliphatic carbocycles. The molecule has 9 atom stereocenters. The summed E-state index contributed by atoms with van der Waals surface area (Å²) < 4.78 is 5.44. The molecule has 1 aromatic heterocycles. The van der Waals surface area contributed by atoms with Gasteiger partial charge < -0.3 is 19.6 Å². The predicted molar refractivity (Wildman–Crippen MR) is 157 cm³/mol. The van der Waals surface area contributed by atoms with E-state index in [1.807, 2.05) is 0 Å². The van der Waals surface area contributed by atoms with E-state index in [1.165, 1.54) is 44.9 Å². The first-order valence-electron chi connectivity index (χ1n) is 16.3. The summed E-state index contributed by atoms with van der Waals surface area (Å²) in [5.41, 5.74) is 0.880. The van der Waals surface area contributed by atoms with Gasteiger partial charge in [-0.3, -0.25) is 4.79 Å². The number of carbonyl (C=O) groups is 1. The highest BCUT2D eigenvalue weighted by atomic mass is 16.5. The molecular formula is C33H52N4O3. The average molecular weight is 553 g/mol. The molecular weight excluding hydrogens is 500 g/mol. The van der Waals surface area contributed by atoms with E-state index >= 15 is 0 Å². The number of fused-ring (bicyclic) bond motifs is 5. The van der Waals surface area contributed by atoms with Gasteiger partial charge in [-0.15, -0.1) is 0 Å². The van der Waals surface area contributed by atoms with Gasteiger partial charge in [-0.25, -0.2) is 9.97 Å². The van der Waals surface area contributed by atoms with E-state index < -0.39 is 0 Å². The Morgan fingerprint density at radius 1 is 1.05 bits per heavy atom. The standard InChI is InChI=1S/C33H52N4O3/c1-22(5-10-30(39)36-15-17-37(18-16-36)31-29(40-4)20-34-21-35-31)26-8-9-27-25-7-6-23-19-24(38)11-13-32(23,2)28(25)12-14-33(26,27)3/h20-28,38H,5-19H2,1-4H3/t22-,23+,24+,25+,26-,27+,28+,32+,33-/m1/s1. The molecule has 0 unspecified atom stereocenters. The number of hydrogen-bond acceptors (Lipinski definition) is 6. The van der Waals surface area contributed by atoms with Crippen LogP contribution < -0.4 is 9.64 Å². The number of hydrogen-bond donors (Lipinski definition) is 1. The summed E-state index contributed by atoms with van der Waals surface area (Å²) in [7, 11) is 1.65. The lowest BCUT2D eigenvalue weighted by Crippen LogP contribution is -2.54. The van der Waals surface area contributed by atoms with E-state index in [0.717, 1.165) is 80.8 Å². The van der Waals surface area contributed by atoms with Crippen LogP contribution in [0.15, 0.2) is 12.5 Å². The quantitative estimate of drug-likeness (QED) is 0.497. The SMILES string of the molecule is COc1cncnc1N1CCN(C(=O)CC[C@@H](C)[C@H]2CC[C@H]3[C@@H]4CC[C@H]5C[C@@H](O)CC[C@]5(C)[C@H]4CC[C@]23C)CC1. The van der Waals surface area contributed by atoms with Gasteiger partial charge in [0.05, 0.1) is 19.4 Å². The van der Waals surface area contributed by atoms with E-state index in [4.69, 9.17) is 4.74 Å². The molecule has 0 spiro atoms. The van der Waals surface area contributed by atoms with E-state index in [0.29, 0.717) is 34.8 Å². The molecule has 0 bridgehead atoms. The zero-order chi connectivity index (χ0) is 28.1. The molecule has 7 nitrogen and oxygen atoms in total. The minimum atomic E-state index is -0.0614. The lowest BCUT2D eigenvalue weighted by atomic mass is 9.44. The van der Waals surface area contributed by atoms with Gasteiger partial charge in [0, 0.05) is 32.6 Å². The minimum Gasteiger partial charge on any atom is -0.491 e. The summed E-state index contributed by atoms with van der Waals surface area (Å²) >= 11 is 0. The molecule has 5 aliphatic rings. The fraction of sp³-hybridized carbons (Fsp3) is 0.848. The van der Waals surface area contributed by atoms with Crippen LogP contribution in [0.5, 0.6) is 5.75 Å². The Morgan fingerprint density at radius 2 is 1.80 bits per heavy atom. The summed E-state index contributed by atoms with van der Waals surface area (Å²) in [4.78, 5) is 26.0. The number of aliphatic hydroxyl groups is 1. The molecule has 1 saturated heterocycles. The molecule has 6 rings (SSSR count). The molecule has 1 aromatic rings. The number of nitrogens with zero attached hydrogens (tertiary/aromatic N) is 4. The number of amides is 1.